The van der Waals surface area contributed by atoms with Gasteiger partial charge in [0.15, 0.2) is 0 Å². The van der Waals surface area contributed by atoms with Crippen molar-refractivity contribution in [2.24, 2.45) is 0 Å². The van der Waals surface area contributed by atoms with Crippen LogP contribution in [0.5, 0.6) is 0 Å². The van der Waals surface area contributed by atoms with Crippen molar-refractivity contribution in [3.05, 3.63) is 58.1 Å². The molecule has 4 nitrogen and oxygen atoms in total. The van der Waals surface area contributed by atoms with E-state index in [1.165, 1.54) is 0 Å². The van der Waals surface area contributed by atoms with E-state index in [1.807, 2.05) is 43.4 Å². The van der Waals surface area contributed by atoms with Gasteiger partial charge in [0.05, 0.1) is 12.2 Å². The van der Waals surface area contributed by atoms with Crippen LogP contribution in [0.1, 0.15) is 11.1 Å². The van der Waals surface area contributed by atoms with Gasteiger partial charge in [-0.3, -0.25) is 4.90 Å². The molecule has 1 heterocycles. The van der Waals surface area contributed by atoms with E-state index in [4.69, 9.17) is 5.73 Å². The first-order valence-corrected chi connectivity index (χ1v) is 7.50. The minimum atomic E-state index is -0.00369. The number of halogens is 1. The number of nitrogens with two attached hydrogens (primary N) is 1. The molecule has 0 radical (unpaired) electrons. The predicted molar refractivity (Wildman–Crippen MR) is 88.0 cm³/mol. The van der Waals surface area contributed by atoms with Crippen LogP contribution in [0.3, 0.4) is 0 Å². The van der Waals surface area contributed by atoms with Crippen LogP contribution in [-0.2, 0) is 13.1 Å². The fourth-order valence-corrected chi connectivity index (χ4v) is 2.95. The summed E-state index contributed by atoms with van der Waals surface area (Å²) < 4.78 is 0.936. The van der Waals surface area contributed by atoms with Crippen molar-refractivity contribution in [1.29, 1.82) is 0 Å². The Bertz CT molecular complexity index is 702. The van der Waals surface area contributed by atoms with Crippen LogP contribution in [0.2, 0.25) is 0 Å². The maximum atomic E-state index is 12.5. The zero-order valence-electron chi connectivity index (χ0n) is 11.7. The number of carbonyl (C=O) groups excluding carboxylic acids is 1. The molecular formula is C16H16BrN3O. The fraction of sp³-hybridized carbons (Fsp3) is 0.188. The summed E-state index contributed by atoms with van der Waals surface area (Å²) in [5.74, 6) is 0. The zero-order chi connectivity index (χ0) is 15.0. The summed E-state index contributed by atoms with van der Waals surface area (Å²) in [6.07, 6.45) is 0. The van der Waals surface area contributed by atoms with Crippen LogP contribution in [0.4, 0.5) is 16.2 Å². The number of nitrogens with zero attached hydrogens (tertiary/aromatic N) is 2. The quantitative estimate of drug-likeness (QED) is 0.845. The normalized spacial score (nSPS) is 14.3. The zero-order valence-corrected chi connectivity index (χ0v) is 13.3. The van der Waals surface area contributed by atoms with Crippen LogP contribution in [-0.4, -0.2) is 18.0 Å². The summed E-state index contributed by atoms with van der Waals surface area (Å²) in [5, 5.41) is 0. The molecule has 21 heavy (non-hydrogen) atoms. The van der Waals surface area contributed by atoms with Crippen LogP contribution >= 0.6 is 15.9 Å². The summed E-state index contributed by atoms with van der Waals surface area (Å²) in [6.45, 7) is 1.11. The number of nitrogen functional groups attached to an aromatic ring is 1. The first-order chi connectivity index (χ1) is 10.1. The van der Waals surface area contributed by atoms with E-state index < -0.39 is 0 Å². The van der Waals surface area contributed by atoms with Crippen molar-refractivity contribution in [2.75, 3.05) is 17.7 Å². The van der Waals surface area contributed by atoms with E-state index in [9.17, 15) is 4.79 Å². The van der Waals surface area contributed by atoms with Crippen LogP contribution < -0.4 is 10.6 Å². The van der Waals surface area contributed by atoms with Crippen molar-refractivity contribution < 1.29 is 4.79 Å². The molecule has 0 fully saturated rings. The molecule has 0 unspecified atom stereocenters. The van der Waals surface area contributed by atoms with Gasteiger partial charge in [0.25, 0.3) is 0 Å². The summed E-state index contributed by atoms with van der Waals surface area (Å²) in [5.41, 5.74) is 9.79. The maximum Gasteiger partial charge on any atom is 0.324 e. The second-order valence-corrected chi connectivity index (χ2v) is 6.11. The number of fused-ring (bicyclic) bond motifs is 1. The molecular weight excluding hydrogens is 330 g/mol. The Morgan fingerprint density at radius 2 is 2.00 bits per heavy atom. The van der Waals surface area contributed by atoms with Gasteiger partial charge in [0, 0.05) is 23.8 Å². The minimum absolute atomic E-state index is 0.00369. The number of hydrogen-bond donors (Lipinski definition) is 1. The molecule has 0 saturated carbocycles. The third-order valence-corrected chi connectivity index (χ3v) is 4.18. The third-order valence-electron chi connectivity index (χ3n) is 3.68. The fourth-order valence-electron chi connectivity index (χ4n) is 2.57. The molecule has 2 aromatic rings. The highest BCUT2D eigenvalue weighted by atomic mass is 79.9. The molecule has 1 aliphatic heterocycles. The topological polar surface area (TPSA) is 49.6 Å². The standard InChI is InChI=1S/C16H16BrN3O/c1-19-9-12-4-2-3-5-15(12)20(16(19)21)10-11-6-7-13(17)8-14(11)18/h2-8H,9-10,18H2,1H3. The van der Waals surface area contributed by atoms with Gasteiger partial charge in [-0.15, -0.1) is 0 Å². The average Bonchev–Trinajstić information content (AvgIpc) is 2.46. The van der Waals surface area contributed by atoms with Crippen molar-refractivity contribution in [3.8, 4) is 0 Å². The van der Waals surface area contributed by atoms with Crippen molar-refractivity contribution in [1.82, 2.24) is 4.90 Å². The van der Waals surface area contributed by atoms with Gasteiger partial charge < -0.3 is 10.6 Å². The van der Waals surface area contributed by atoms with Gasteiger partial charge in [-0.2, -0.15) is 0 Å². The second kappa shape index (κ2) is 5.41. The van der Waals surface area contributed by atoms with Crippen LogP contribution in [0.25, 0.3) is 0 Å². The molecule has 0 atom stereocenters. The average molecular weight is 346 g/mol. The Kier molecular flexibility index (Phi) is 3.59. The van der Waals surface area contributed by atoms with E-state index >= 15 is 0 Å². The number of anilines is 2. The lowest BCUT2D eigenvalue weighted by molar-refractivity contribution is 0.210. The lowest BCUT2D eigenvalue weighted by Gasteiger charge is -2.35. The largest absolute Gasteiger partial charge is 0.398 e. The number of benzene rings is 2. The SMILES string of the molecule is CN1Cc2ccccc2N(Cc2ccc(Br)cc2N)C1=O. The molecule has 0 spiro atoms. The number of para-hydroxylation sites is 1. The van der Waals surface area contributed by atoms with Crippen LogP contribution in [0, 0.1) is 0 Å². The summed E-state index contributed by atoms with van der Waals surface area (Å²) in [7, 11) is 1.82. The Hall–Kier alpha value is -2.01. The lowest BCUT2D eigenvalue weighted by Crippen LogP contribution is -2.44. The Morgan fingerprint density at radius 1 is 1.24 bits per heavy atom. The van der Waals surface area contributed by atoms with Gasteiger partial charge in [0.2, 0.25) is 0 Å². The molecule has 3 rings (SSSR count). The molecule has 5 heteroatoms. The molecule has 0 aliphatic carbocycles. The maximum absolute atomic E-state index is 12.5. The molecule has 2 N–H and O–H groups in total. The molecule has 108 valence electrons. The van der Waals surface area contributed by atoms with Crippen molar-refractivity contribution in [3.63, 3.8) is 0 Å². The number of carbonyl (C=O) groups is 1. The lowest BCUT2D eigenvalue weighted by atomic mass is 10.1. The third kappa shape index (κ3) is 2.61. The molecule has 2 aromatic carbocycles. The number of urea groups is 1. The van der Waals surface area contributed by atoms with Crippen molar-refractivity contribution >= 4 is 33.3 Å². The molecule has 0 aromatic heterocycles. The first-order valence-electron chi connectivity index (χ1n) is 6.70. The Morgan fingerprint density at radius 3 is 2.76 bits per heavy atom. The van der Waals surface area contributed by atoms with E-state index in [0.29, 0.717) is 18.8 Å². The van der Waals surface area contributed by atoms with Crippen molar-refractivity contribution in [2.45, 2.75) is 13.1 Å². The summed E-state index contributed by atoms with van der Waals surface area (Å²) in [4.78, 5) is 16.0. The predicted octanol–water partition coefficient (Wildman–Crippen LogP) is 3.60. The Labute approximate surface area is 132 Å². The smallest absolute Gasteiger partial charge is 0.324 e. The summed E-state index contributed by atoms with van der Waals surface area (Å²) in [6, 6.07) is 13.7. The van der Waals surface area contributed by atoms with Gasteiger partial charge in [-0.1, -0.05) is 40.2 Å². The number of hydrogen-bond acceptors (Lipinski definition) is 2. The first kappa shape index (κ1) is 13.9. The van der Waals surface area contributed by atoms with Gasteiger partial charge >= 0.3 is 6.03 Å². The number of amides is 2. The molecule has 0 saturated heterocycles. The van der Waals surface area contributed by atoms with E-state index in [2.05, 4.69) is 22.0 Å². The highest BCUT2D eigenvalue weighted by Crippen LogP contribution is 2.30. The highest BCUT2D eigenvalue weighted by molar-refractivity contribution is 9.10. The van der Waals surface area contributed by atoms with E-state index in [-0.39, 0.29) is 6.03 Å². The molecule has 1 aliphatic rings. The number of rotatable bonds is 2. The van der Waals surface area contributed by atoms with Gasteiger partial charge in [-0.25, -0.2) is 4.79 Å². The van der Waals surface area contributed by atoms with Gasteiger partial charge in [-0.05, 0) is 29.3 Å². The minimum Gasteiger partial charge on any atom is -0.398 e. The van der Waals surface area contributed by atoms with Gasteiger partial charge in [0.1, 0.15) is 0 Å². The highest BCUT2D eigenvalue weighted by Gasteiger charge is 2.28. The molecule has 0 bridgehead atoms. The second-order valence-electron chi connectivity index (χ2n) is 5.20. The Balaban J connectivity index is 1.99. The summed E-state index contributed by atoms with van der Waals surface area (Å²) >= 11 is 3.40. The van der Waals surface area contributed by atoms with Crippen LogP contribution in [0.15, 0.2) is 46.9 Å². The monoisotopic (exact) mass is 345 g/mol. The van der Waals surface area contributed by atoms with E-state index in [1.54, 1.807) is 9.80 Å². The molecule has 2 amide bonds. The van der Waals surface area contributed by atoms with E-state index in [0.717, 1.165) is 21.3 Å².